The van der Waals surface area contributed by atoms with Gasteiger partial charge >= 0.3 is 0 Å². The lowest BCUT2D eigenvalue weighted by atomic mass is 9.81. The molecule has 0 saturated heterocycles. The Balaban J connectivity index is 1.41. The van der Waals surface area contributed by atoms with E-state index in [9.17, 15) is 0 Å². The van der Waals surface area contributed by atoms with Crippen LogP contribution in [0.25, 0.3) is 32.3 Å². The number of para-hydroxylation sites is 1. The molecule has 0 N–H and O–H groups in total. The molecular formula is C43H33N. The highest BCUT2D eigenvalue weighted by atomic mass is 15.1. The average Bonchev–Trinajstić information content (AvgIpc) is 3.07. The van der Waals surface area contributed by atoms with Crippen molar-refractivity contribution in [2.24, 2.45) is 0 Å². The summed E-state index contributed by atoms with van der Waals surface area (Å²) in [6.45, 7) is 4.30. The summed E-state index contributed by atoms with van der Waals surface area (Å²) in [5, 5.41) is 7.77. The minimum Gasteiger partial charge on any atom is -0.310 e. The monoisotopic (exact) mass is 563 g/mol. The van der Waals surface area contributed by atoms with Crippen molar-refractivity contribution in [3.05, 3.63) is 186 Å². The lowest BCUT2D eigenvalue weighted by Gasteiger charge is -2.28. The molecule has 8 aromatic rings. The molecular weight excluding hydrogens is 530 g/mol. The number of aryl methyl sites for hydroxylation is 2. The summed E-state index contributed by atoms with van der Waals surface area (Å²) in [5.74, 6) is 0.134. The van der Waals surface area contributed by atoms with E-state index in [-0.39, 0.29) is 5.92 Å². The van der Waals surface area contributed by atoms with Gasteiger partial charge in [0.05, 0.1) is 5.69 Å². The van der Waals surface area contributed by atoms with Crippen LogP contribution in [0.3, 0.4) is 0 Å². The molecule has 1 unspecified atom stereocenters. The van der Waals surface area contributed by atoms with E-state index < -0.39 is 0 Å². The molecule has 0 amide bonds. The van der Waals surface area contributed by atoms with Crippen molar-refractivity contribution in [1.82, 2.24) is 0 Å². The Hall–Kier alpha value is -5.40. The van der Waals surface area contributed by atoms with Gasteiger partial charge in [-0.1, -0.05) is 139 Å². The third-order valence-electron chi connectivity index (χ3n) is 9.08. The van der Waals surface area contributed by atoms with Crippen molar-refractivity contribution in [2.75, 3.05) is 4.90 Å². The van der Waals surface area contributed by atoms with Crippen molar-refractivity contribution in [3.8, 4) is 0 Å². The third kappa shape index (κ3) is 4.41. The summed E-state index contributed by atoms with van der Waals surface area (Å²) in [5.41, 5.74) is 9.98. The van der Waals surface area contributed by atoms with Crippen molar-refractivity contribution < 1.29 is 0 Å². The third-order valence-corrected chi connectivity index (χ3v) is 9.08. The molecule has 210 valence electrons. The highest BCUT2D eigenvalue weighted by Crippen LogP contribution is 2.46. The van der Waals surface area contributed by atoms with E-state index in [1.54, 1.807) is 0 Å². The van der Waals surface area contributed by atoms with E-state index in [4.69, 9.17) is 0 Å². The summed E-state index contributed by atoms with van der Waals surface area (Å²) in [7, 11) is 0. The van der Waals surface area contributed by atoms with Crippen molar-refractivity contribution in [1.29, 1.82) is 0 Å². The minimum atomic E-state index is 0.134. The van der Waals surface area contributed by atoms with E-state index in [1.807, 2.05) is 0 Å². The first-order chi connectivity index (χ1) is 21.7. The summed E-state index contributed by atoms with van der Waals surface area (Å²) < 4.78 is 0. The van der Waals surface area contributed by atoms with Gasteiger partial charge in [-0.3, -0.25) is 0 Å². The van der Waals surface area contributed by atoms with Crippen LogP contribution in [0.5, 0.6) is 0 Å². The van der Waals surface area contributed by atoms with Crippen LogP contribution in [0.1, 0.15) is 33.7 Å². The maximum Gasteiger partial charge on any atom is 0.0540 e. The zero-order valence-electron chi connectivity index (χ0n) is 25.0. The first kappa shape index (κ1) is 26.2. The maximum atomic E-state index is 2.39. The fraction of sp³-hybridized carbons (Fsp3) is 0.0698. The molecule has 0 aliphatic rings. The van der Waals surface area contributed by atoms with E-state index >= 15 is 0 Å². The van der Waals surface area contributed by atoms with Crippen molar-refractivity contribution >= 4 is 49.4 Å². The first-order valence-electron chi connectivity index (χ1n) is 15.4. The van der Waals surface area contributed by atoms with Gasteiger partial charge in [-0.15, -0.1) is 0 Å². The number of rotatable bonds is 6. The second-order valence-corrected chi connectivity index (χ2v) is 11.9. The Morgan fingerprint density at radius 1 is 0.409 bits per heavy atom. The topological polar surface area (TPSA) is 3.24 Å². The standard InChI is InChI=1S/C43H33N/c1-29-13-17-32(18-14-29)41(31-9-5-3-6-10-31)37-25-21-33-19-20-34-22-28-40(39-27-26-38(37)42(33)43(34)39)44(35-11-7-4-8-12-35)36-23-15-30(2)16-24-36/h3-28,41H,1-2H3. The Kier molecular flexibility index (Phi) is 6.38. The molecule has 44 heavy (non-hydrogen) atoms. The smallest absolute Gasteiger partial charge is 0.0540 e. The molecule has 0 aliphatic carbocycles. The lowest BCUT2D eigenvalue weighted by molar-refractivity contribution is 0.988. The molecule has 0 aromatic heterocycles. The molecule has 1 nitrogen and oxygen atoms in total. The number of hydrogen-bond acceptors (Lipinski definition) is 1. The SMILES string of the molecule is Cc1ccc(C(c2ccccc2)c2ccc3ccc4ccc(N(c5ccccc5)c5ccc(C)cc5)c5ccc2c3c45)cc1. The van der Waals surface area contributed by atoms with E-state index in [1.165, 1.54) is 65.8 Å². The Labute approximate surface area is 259 Å². The van der Waals surface area contributed by atoms with Gasteiger partial charge in [-0.2, -0.15) is 0 Å². The molecule has 1 heteroatoms. The largest absolute Gasteiger partial charge is 0.310 e. The summed E-state index contributed by atoms with van der Waals surface area (Å²) in [6.07, 6.45) is 0. The second kappa shape index (κ2) is 10.7. The average molecular weight is 564 g/mol. The first-order valence-corrected chi connectivity index (χ1v) is 15.4. The maximum absolute atomic E-state index is 2.39. The molecule has 1 atom stereocenters. The van der Waals surface area contributed by atoms with Gasteiger partial charge in [-0.25, -0.2) is 0 Å². The molecule has 0 saturated carbocycles. The molecule has 0 bridgehead atoms. The number of anilines is 3. The molecule has 0 spiro atoms. The zero-order valence-corrected chi connectivity index (χ0v) is 25.0. The van der Waals surface area contributed by atoms with Crippen LogP contribution < -0.4 is 4.90 Å². The molecule has 0 heterocycles. The van der Waals surface area contributed by atoms with Crippen LogP contribution in [0.15, 0.2) is 158 Å². The summed E-state index contributed by atoms with van der Waals surface area (Å²) in [4.78, 5) is 2.39. The lowest BCUT2D eigenvalue weighted by Crippen LogP contribution is -2.10. The van der Waals surface area contributed by atoms with Crippen molar-refractivity contribution in [2.45, 2.75) is 19.8 Å². The Bertz CT molecular complexity index is 2050. The van der Waals surface area contributed by atoms with Crippen LogP contribution in [0, 0.1) is 13.8 Å². The zero-order chi connectivity index (χ0) is 29.6. The highest BCUT2D eigenvalue weighted by Gasteiger charge is 2.23. The van der Waals surface area contributed by atoms with Gasteiger partial charge < -0.3 is 4.90 Å². The quantitative estimate of drug-likeness (QED) is 0.144. The summed E-state index contributed by atoms with van der Waals surface area (Å²) in [6, 6.07) is 58.1. The van der Waals surface area contributed by atoms with Gasteiger partial charge in [-0.05, 0) is 87.8 Å². The number of benzene rings is 8. The molecule has 0 aliphatic heterocycles. The van der Waals surface area contributed by atoms with Gasteiger partial charge in [0.2, 0.25) is 0 Å². The number of hydrogen-bond donors (Lipinski definition) is 0. The van der Waals surface area contributed by atoms with E-state index in [2.05, 4.69) is 176 Å². The fourth-order valence-corrected chi connectivity index (χ4v) is 6.91. The normalized spacial score (nSPS) is 12.2. The van der Waals surface area contributed by atoms with Crippen LogP contribution in [-0.4, -0.2) is 0 Å². The molecule has 8 aromatic carbocycles. The molecule has 0 radical (unpaired) electrons. The Morgan fingerprint density at radius 2 is 0.909 bits per heavy atom. The number of nitrogens with zero attached hydrogens (tertiary/aromatic N) is 1. The predicted octanol–water partition coefficient (Wildman–Crippen LogP) is 11.9. The van der Waals surface area contributed by atoms with Crippen LogP contribution >= 0.6 is 0 Å². The van der Waals surface area contributed by atoms with Gasteiger partial charge in [0.1, 0.15) is 0 Å². The Morgan fingerprint density at radius 3 is 1.59 bits per heavy atom. The fourth-order valence-electron chi connectivity index (χ4n) is 6.91. The molecule has 0 fully saturated rings. The van der Waals surface area contributed by atoms with Gasteiger partial charge in [0.15, 0.2) is 0 Å². The minimum absolute atomic E-state index is 0.134. The van der Waals surface area contributed by atoms with Gasteiger partial charge in [0, 0.05) is 22.7 Å². The van der Waals surface area contributed by atoms with Gasteiger partial charge in [0.25, 0.3) is 0 Å². The second-order valence-electron chi connectivity index (χ2n) is 11.9. The van der Waals surface area contributed by atoms with Crippen LogP contribution in [0.2, 0.25) is 0 Å². The predicted molar refractivity (Wildman–Crippen MR) is 188 cm³/mol. The van der Waals surface area contributed by atoms with E-state index in [0.29, 0.717) is 0 Å². The summed E-state index contributed by atoms with van der Waals surface area (Å²) >= 11 is 0. The van der Waals surface area contributed by atoms with Crippen LogP contribution in [0.4, 0.5) is 17.1 Å². The highest BCUT2D eigenvalue weighted by molar-refractivity contribution is 6.26. The van der Waals surface area contributed by atoms with Crippen molar-refractivity contribution in [3.63, 3.8) is 0 Å². The van der Waals surface area contributed by atoms with E-state index in [0.717, 1.165) is 11.4 Å². The van der Waals surface area contributed by atoms with Crippen LogP contribution in [-0.2, 0) is 0 Å². The molecule has 8 rings (SSSR count).